The third-order valence-electron chi connectivity index (χ3n) is 0. The van der Waals surface area contributed by atoms with Crippen LogP contribution in [0.1, 0.15) is 0 Å². The van der Waals surface area contributed by atoms with Gasteiger partial charge in [-0.1, -0.05) is 0 Å². The Labute approximate surface area is 93.4 Å². The Morgan fingerprint density at radius 3 is 1.33 bits per heavy atom. The second kappa shape index (κ2) is 10.5. The molecule has 0 fully saturated rings. The van der Waals surface area contributed by atoms with Crippen LogP contribution in [0, 0.1) is 0 Å². The summed E-state index contributed by atoms with van der Waals surface area (Å²) in [4.78, 5) is 0. The van der Waals surface area contributed by atoms with Gasteiger partial charge in [0.05, 0.1) is 0 Å². The van der Waals surface area contributed by atoms with Crippen LogP contribution in [0.25, 0.3) is 0 Å². The maximum atomic E-state index is 8.58. The fourth-order valence-corrected chi connectivity index (χ4v) is 0. The first-order valence-corrected chi connectivity index (χ1v) is 2.52. The standard InChI is InChI=1S/Al.Ba.3O.Ti/q;+2;;2*-1;. The van der Waals surface area contributed by atoms with Crippen molar-refractivity contribution in [1.82, 2.24) is 0 Å². The summed E-state index contributed by atoms with van der Waals surface area (Å²) in [5.41, 5.74) is 0. The fourth-order valence-electron chi connectivity index (χ4n) is 0. The Kier molecular flexibility index (Phi) is 27.7. The van der Waals surface area contributed by atoms with E-state index in [0.29, 0.717) is 0 Å². The number of rotatable bonds is 0. The molecule has 0 aromatic heterocycles. The molecule has 0 aliphatic heterocycles. The molecule has 0 saturated heterocycles. The van der Waals surface area contributed by atoms with E-state index in [1.54, 1.807) is 0 Å². The average molecular weight is 260 g/mol. The van der Waals surface area contributed by atoms with Crippen molar-refractivity contribution in [2.45, 2.75) is 0 Å². The minimum absolute atomic E-state index is 0. The summed E-state index contributed by atoms with van der Waals surface area (Å²) < 4.78 is 25.8. The molecule has 0 N–H and O–H groups in total. The first-order valence-electron chi connectivity index (χ1n) is 0.612. The van der Waals surface area contributed by atoms with E-state index in [1.807, 2.05) is 0 Å². The van der Waals surface area contributed by atoms with Gasteiger partial charge in [0.25, 0.3) is 0 Å². The van der Waals surface area contributed by atoms with Crippen molar-refractivity contribution in [2.75, 3.05) is 0 Å². The van der Waals surface area contributed by atoms with Crippen molar-refractivity contribution in [2.24, 2.45) is 0 Å². The maximum absolute atomic E-state index is 8.58. The van der Waals surface area contributed by atoms with Crippen LogP contribution in [0.2, 0.25) is 0 Å². The van der Waals surface area contributed by atoms with Crippen LogP contribution >= 0.6 is 0 Å². The molecule has 0 amide bonds. The average Bonchev–Trinajstić information content (AvgIpc) is 0.811. The molecule has 0 spiro atoms. The van der Waals surface area contributed by atoms with Crippen LogP contribution in [0.3, 0.4) is 0 Å². The van der Waals surface area contributed by atoms with E-state index in [1.165, 1.54) is 0 Å². The van der Waals surface area contributed by atoms with E-state index in [9.17, 15) is 0 Å². The van der Waals surface area contributed by atoms with Gasteiger partial charge in [-0.2, -0.15) is 0 Å². The molecular weight excluding hydrogens is 260 g/mol. The molecule has 3 radical (unpaired) electrons. The fraction of sp³-hybridized carbons (Fsp3) is 0. The molecule has 0 heterocycles. The van der Waals surface area contributed by atoms with Gasteiger partial charge in [-0.25, -0.2) is 0 Å². The molecule has 6 heavy (non-hydrogen) atoms. The van der Waals surface area contributed by atoms with E-state index in [4.69, 9.17) is 10.7 Å². The van der Waals surface area contributed by atoms with Crippen molar-refractivity contribution in [3.63, 3.8) is 0 Å². The molecule has 0 aliphatic carbocycles. The molecule has 0 unspecified atom stereocenters. The molecule has 0 saturated carbocycles. The van der Waals surface area contributed by atoms with Gasteiger partial charge in [-0.15, -0.1) is 0 Å². The zero-order chi connectivity index (χ0) is 3.58. The number of hydrogen-bond donors (Lipinski definition) is 0. The predicted octanol–water partition coefficient (Wildman–Crippen LogP) is -3.26. The van der Waals surface area contributed by atoms with Gasteiger partial charge in [0, 0.05) is 17.4 Å². The van der Waals surface area contributed by atoms with Crippen molar-refractivity contribution in [3.05, 3.63) is 0 Å². The van der Waals surface area contributed by atoms with Gasteiger partial charge in [0.15, 0.2) is 0 Å². The van der Waals surface area contributed by atoms with Gasteiger partial charge < -0.3 is 0 Å². The SMILES string of the molecule is [Al].[Ba+2].[O]=[Ti]([O-])[O-]. The monoisotopic (exact) mass is 261 g/mol. The molecular formula is AlBaO3Ti. The first kappa shape index (κ1) is 15.8. The molecule has 3 nitrogen and oxygen atoms in total. The van der Waals surface area contributed by atoms with Crippen LogP contribution < -0.4 is 7.38 Å². The summed E-state index contributed by atoms with van der Waals surface area (Å²) in [5.74, 6) is 0. The van der Waals surface area contributed by atoms with Gasteiger partial charge in [-0.3, -0.25) is 0 Å². The second-order valence-corrected chi connectivity index (χ2v) is 1.03. The topological polar surface area (TPSA) is 63.2 Å². The molecule has 27 valence electrons. The molecule has 0 aromatic rings. The Balaban J connectivity index is -0.0000000450. The van der Waals surface area contributed by atoms with Crippen LogP contribution in [0.4, 0.5) is 0 Å². The Morgan fingerprint density at radius 1 is 1.33 bits per heavy atom. The minimum atomic E-state index is -4.08. The third-order valence-corrected chi connectivity index (χ3v) is 0. The molecule has 0 bridgehead atoms. The van der Waals surface area contributed by atoms with E-state index < -0.39 is 18.6 Å². The Bertz CT molecular complexity index is 33.8. The van der Waals surface area contributed by atoms with E-state index in [-0.39, 0.29) is 66.2 Å². The molecule has 0 rings (SSSR count). The van der Waals surface area contributed by atoms with E-state index in [2.05, 4.69) is 0 Å². The summed E-state index contributed by atoms with van der Waals surface area (Å²) in [6, 6.07) is 0. The summed E-state index contributed by atoms with van der Waals surface area (Å²) in [6.07, 6.45) is 0. The van der Waals surface area contributed by atoms with Crippen molar-refractivity contribution in [1.29, 1.82) is 0 Å². The van der Waals surface area contributed by atoms with Gasteiger partial charge in [0.1, 0.15) is 0 Å². The Hall–Kier alpha value is 2.54. The van der Waals surface area contributed by atoms with Gasteiger partial charge in [-0.05, 0) is 0 Å². The van der Waals surface area contributed by atoms with E-state index in [0.717, 1.165) is 0 Å². The third kappa shape index (κ3) is 31.1. The predicted molar refractivity (Wildman–Crippen MR) is 12.2 cm³/mol. The van der Waals surface area contributed by atoms with Gasteiger partial charge >= 0.3 is 78.2 Å². The second-order valence-electron chi connectivity index (χ2n) is 0.250. The van der Waals surface area contributed by atoms with Crippen LogP contribution in [0.15, 0.2) is 0 Å². The zero-order valence-corrected chi connectivity index (χ0v) is 10.2. The normalized spacial score (nSPS) is 4.33. The summed E-state index contributed by atoms with van der Waals surface area (Å²) >= 11 is -4.08. The van der Waals surface area contributed by atoms with Crippen LogP contribution in [-0.4, -0.2) is 66.2 Å². The van der Waals surface area contributed by atoms with Gasteiger partial charge in [0.2, 0.25) is 0 Å². The summed E-state index contributed by atoms with van der Waals surface area (Å²) in [5, 5.41) is 0. The quantitative estimate of drug-likeness (QED) is 0.429. The Morgan fingerprint density at radius 2 is 1.33 bits per heavy atom. The van der Waals surface area contributed by atoms with Crippen LogP contribution in [-0.2, 0) is 21.9 Å². The van der Waals surface area contributed by atoms with E-state index >= 15 is 0 Å². The first-order chi connectivity index (χ1) is 1.73. The molecule has 0 aliphatic rings. The van der Waals surface area contributed by atoms with Crippen molar-refractivity contribution >= 4 is 66.2 Å². The molecule has 0 atom stereocenters. The van der Waals surface area contributed by atoms with Crippen molar-refractivity contribution in [3.8, 4) is 0 Å². The summed E-state index contributed by atoms with van der Waals surface area (Å²) in [6.45, 7) is 0. The number of hydrogen-bond acceptors (Lipinski definition) is 3. The molecule has 0 aromatic carbocycles. The van der Waals surface area contributed by atoms with Crippen LogP contribution in [0.5, 0.6) is 0 Å². The van der Waals surface area contributed by atoms with Crippen molar-refractivity contribution < 1.29 is 29.3 Å². The zero-order valence-electron chi connectivity index (χ0n) is 3.01. The molecule has 6 heteroatoms. The summed E-state index contributed by atoms with van der Waals surface area (Å²) in [7, 11) is 0.